The Morgan fingerprint density at radius 2 is 0.676 bits per heavy atom. The van der Waals surface area contributed by atoms with Crippen LogP contribution in [0, 0.1) is 0 Å². The molecule has 7 heterocycles. The van der Waals surface area contributed by atoms with Crippen LogP contribution < -0.4 is 57.7 Å². The Hall–Kier alpha value is -8.61. The van der Waals surface area contributed by atoms with Crippen molar-refractivity contribution in [2.75, 3.05) is 19.4 Å². The van der Waals surface area contributed by atoms with E-state index < -0.39 is 0 Å². The van der Waals surface area contributed by atoms with Gasteiger partial charge in [0, 0.05) is 73.2 Å². The van der Waals surface area contributed by atoms with Gasteiger partial charge in [0.05, 0.1) is 16.7 Å². The Bertz CT molecular complexity index is 3810. The van der Waals surface area contributed by atoms with Crippen molar-refractivity contribution in [1.29, 1.82) is 0 Å². The predicted molar refractivity (Wildman–Crippen MR) is 287 cm³/mol. The van der Waals surface area contributed by atoms with Gasteiger partial charge in [-0.1, -0.05) is 146 Å². The van der Waals surface area contributed by atoms with Crippen molar-refractivity contribution < 1.29 is 0 Å². The molecule has 0 amide bonds. The van der Waals surface area contributed by atoms with Gasteiger partial charge in [-0.25, -0.2) is 0 Å². The maximum atomic E-state index is 2.70. The van der Waals surface area contributed by atoms with Gasteiger partial charge in [-0.15, -0.1) is 0 Å². The lowest BCUT2D eigenvalue weighted by molar-refractivity contribution is 1.17. The Morgan fingerprint density at radius 1 is 0.294 bits per heavy atom. The summed E-state index contributed by atoms with van der Waals surface area (Å²) >= 11 is 0. The van der Waals surface area contributed by atoms with Crippen molar-refractivity contribution in [1.82, 2.24) is 4.57 Å². The van der Waals surface area contributed by atoms with Crippen LogP contribution in [0.3, 0.4) is 0 Å². The molecule has 0 saturated carbocycles. The lowest BCUT2D eigenvalue weighted by Crippen LogP contribution is -2.74. The highest BCUT2D eigenvalue weighted by molar-refractivity contribution is 7.05. The van der Waals surface area contributed by atoms with Crippen LogP contribution in [0.25, 0.3) is 38.6 Å². The number of para-hydroxylation sites is 8. The molecule has 0 spiro atoms. The summed E-state index contributed by atoms with van der Waals surface area (Å²) < 4.78 is 2.51. The van der Waals surface area contributed by atoms with Crippen molar-refractivity contribution in [3.8, 4) is 16.8 Å². The maximum Gasteiger partial charge on any atom is 0.333 e. The van der Waals surface area contributed by atoms with Gasteiger partial charge in [0.25, 0.3) is 6.71 Å². The van der Waals surface area contributed by atoms with Gasteiger partial charge in [-0.05, 0) is 117 Å². The summed E-state index contributed by atoms with van der Waals surface area (Å²) in [6.45, 7) is -0.209. The largest absolute Gasteiger partial charge is 0.376 e. The van der Waals surface area contributed by atoms with Gasteiger partial charge in [-0.2, -0.15) is 0 Å². The molecule has 17 rings (SSSR count). The lowest BCUT2D eigenvalue weighted by atomic mass is 9.28. The summed E-state index contributed by atoms with van der Waals surface area (Å²) in [6.07, 6.45) is 0. The van der Waals surface area contributed by atoms with E-state index in [4.69, 9.17) is 0 Å². The van der Waals surface area contributed by atoms with E-state index in [2.05, 4.69) is 242 Å². The van der Waals surface area contributed by atoms with E-state index in [9.17, 15) is 0 Å². The Kier molecular flexibility index (Phi) is 6.62. The number of fused-ring (bicyclic) bond motifs is 15. The second-order valence-corrected chi connectivity index (χ2v) is 19.1. The van der Waals surface area contributed by atoms with Crippen LogP contribution in [0.1, 0.15) is 0 Å². The van der Waals surface area contributed by atoms with Gasteiger partial charge < -0.3 is 24.0 Å². The van der Waals surface area contributed by atoms with Crippen molar-refractivity contribution >= 4 is 137 Å². The fraction of sp³-hybridized carbons (Fsp3) is 0. The van der Waals surface area contributed by atoms with E-state index >= 15 is 0 Å². The molecule has 6 aliphatic rings. The zero-order valence-corrected chi connectivity index (χ0v) is 36.8. The minimum absolute atomic E-state index is 0.0362. The summed E-state index contributed by atoms with van der Waals surface area (Å²) in [5, 5.41) is 2.51. The van der Waals surface area contributed by atoms with Crippen molar-refractivity contribution in [2.45, 2.75) is 0 Å². The molecule has 0 fully saturated rings. The van der Waals surface area contributed by atoms with Gasteiger partial charge in [-0.3, -0.25) is 0 Å². The highest BCUT2D eigenvalue weighted by atomic mass is 15.2. The number of rotatable bonds is 3. The first kappa shape index (κ1) is 35.6. The van der Waals surface area contributed by atoms with Gasteiger partial charge in [0.15, 0.2) is 0 Å². The highest BCUT2D eigenvalue weighted by Gasteiger charge is 2.58. The van der Waals surface area contributed by atoms with Crippen LogP contribution in [0.2, 0.25) is 0 Å². The van der Waals surface area contributed by atoms with E-state index in [1.165, 1.54) is 128 Å². The third-order valence-corrected chi connectivity index (χ3v) is 16.0. The summed E-state index contributed by atoms with van der Waals surface area (Å²) in [5.41, 5.74) is 28.2. The molecular formula is C60H36B3N5. The van der Waals surface area contributed by atoms with Crippen LogP contribution in [0.15, 0.2) is 218 Å². The van der Waals surface area contributed by atoms with Crippen LogP contribution in [0.4, 0.5) is 56.9 Å². The summed E-state index contributed by atoms with van der Waals surface area (Å²) in [6, 6.07) is 82.3. The number of hydrogen-bond acceptors (Lipinski definition) is 4. The van der Waals surface area contributed by atoms with Crippen molar-refractivity contribution in [2.24, 2.45) is 0 Å². The summed E-state index contributed by atoms with van der Waals surface area (Å²) in [5.74, 6) is 0. The molecule has 0 N–H and O–H groups in total. The molecule has 6 aliphatic heterocycles. The van der Waals surface area contributed by atoms with Crippen LogP contribution >= 0.6 is 0 Å². The van der Waals surface area contributed by atoms with E-state index in [0.29, 0.717) is 0 Å². The van der Waals surface area contributed by atoms with Gasteiger partial charge >= 0.3 is 13.7 Å². The molecule has 0 radical (unpaired) electrons. The predicted octanol–water partition coefficient (Wildman–Crippen LogP) is 9.67. The van der Waals surface area contributed by atoms with E-state index in [0.717, 1.165) is 5.69 Å². The molecule has 68 heavy (non-hydrogen) atoms. The first-order valence-corrected chi connectivity index (χ1v) is 23.9. The first-order chi connectivity index (χ1) is 33.8. The second-order valence-electron chi connectivity index (χ2n) is 19.1. The lowest BCUT2D eigenvalue weighted by Gasteiger charge is -2.56. The molecule has 0 aliphatic carbocycles. The maximum absolute atomic E-state index is 2.70. The molecule has 1 aromatic heterocycles. The van der Waals surface area contributed by atoms with Gasteiger partial charge in [0.2, 0.25) is 0 Å². The zero-order chi connectivity index (χ0) is 43.9. The number of benzene rings is 10. The molecule has 11 aromatic rings. The minimum atomic E-state index is -0.122. The molecular weight excluding hydrogens is 823 g/mol. The van der Waals surface area contributed by atoms with Crippen molar-refractivity contribution in [3.63, 3.8) is 0 Å². The molecule has 0 unspecified atom stereocenters. The summed E-state index contributed by atoms with van der Waals surface area (Å²) in [4.78, 5) is 10.7. The second kappa shape index (κ2) is 12.6. The van der Waals surface area contributed by atoms with Crippen LogP contribution in [-0.2, 0) is 0 Å². The van der Waals surface area contributed by atoms with Crippen LogP contribution in [0.5, 0.6) is 0 Å². The SMILES string of the molecule is c1ccc(N2B3c4ccccc4N4c5ccccc5B5c6ccccc6N6c7ccccc7B7c8c(c3c4c5c86)-c3c2cc(-n2c4ccccc4c4ccccc42)cc3N7c2ccccc2)cc1. The fourth-order valence-corrected chi connectivity index (χ4v) is 13.7. The number of hydrogen-bond donors (Lipinski definition) is 0. The van der Waals surface area contributed by atoms with Crippen LogP contribution in [-0.4, -0.2) is 25.0 Å². The van der Waals surface area contributed by atoms with Gasteiger partial charge in [0.1, 0.15) is 0 Å². The quantitative estimate of drug-likeness (QED) is 0.165. The molecule has 10 aromatic carbocycles. The molecule has 0 saturated heterocycles. The average molecular weight is 859 g/mol. The third-order valence-electron chi connectivity index (χ3n) is 16.0. The fourth-order valence-electron chi connectivity index (χ4n) is 13.7. The Balaban J connectivity index is 1.12. The van der Waals surface area contributed by atoms with E-state index in [1.54, 1.807) is 0 Å². The number of anilines is 10. The smallest absolute Gasteiger partial charge is 0.333 e. The Morgan fingerprint density at radius 3 is 1.15 bits per heavy atom. The standard InChI is InChI=1S/C60H36B3N5/c1-3-19-37(20-4-1)67-52-35-39(64-46-29-13-7-23-40(46)41-24-8-14-30-47(41)64)36-53-54(52)55-56-59-58-60-57(55)63(68(53)38-21-5-2-6-22-38)45-28-12-18-34-51(45)66(60)49-32-16-10-26-43(49)61(58)42-25-9-15-31-48(42)65(59)50-33-17-11-27-44(50)62(56)67/h1-36H. The monoisotopic (exact) mass is 859 g/mol. The molecule has 5 nitrogen and oxygen atoms in total. The zero-order valence-electron chi connectivity index (χ0n) is 36.8. The molecule has 8 heteroatoms. The topological polar surface area (TPSA) is 17.9 Å². The first-order valence-electron chi connectivity index (χ1n) is 23.9. The minimum Gasteiger partial charge on any atom is -0.376 e. The summed E-state index contributed by atoms with van der Waals surface area (Å²) in [7, 11) is 0. The highest BCUT2D eigenvalue weighted by Crippen LogP contribution is 2.57. The van der Waals surface area contributed by atoms with E-state index in [1.807, 2.05) is 0 Å². The molecule has 0 bridgehead atoms. The van der Waals surface area contributed by atoms with E-state index in [-0.39, 0.29) is 20.4 Å². The average Bonchev–Trinajstić information content (AvgIpc) is 3.75. The van der Waals surface area contributed by atoms with Crippen molar-refractivity contribution in [3.05, 3.63) is 218 Å². The number of aromatic nitrogens is 1. The Labute approximate surface area is 394 Å². The molecule has 310 valence electrons. The number of nitrogens with zero attached hydrogens (tertiary/aromatic N) is 5. The molecule has 0 atom stereocenters. The normalized spacial score (nSPS) is 14.6. The third kappa shape index (κ3) is 4.16.